The summed E-state index contributed by atoms with van der Waals surface area (Å²) in [5.74, 6) is 0.834. The molecule has 2 aromatic rings. The second-order valence-electron chi connectivity index (χ2n) is 6.90. The molecule has 0 aliphatic heterocycles. The first-order valence-corrected chi connectivity index (χ1v) is 10.5. The summed E-state index contributed by atoms with van der Waals surface area (Å²) in [4.78, 5) is 16.3. The Kier molecular flexibility index (Phi) is 13.9. The number of guanidine groups is 1. The molecule has 6 nitrogen and oxygen atoms in total. The van der Waals surface area contributed by atoms with Crippen LogP contribution < -0.4 is 16.2 Å². The van der Waals surface area contributed by atoms with Crippen LogP contribution in [0.1, 0.15) is 44.8 Å². The van der Waals surface area contributed by atoms with Gasteiger partial charge in [-0.15, -0.1) is 24.0 Å². The number of aryl methyl sites for hydroxylation is 1. The molecule has 0 saturated heterocycles. The number of ether oxygens (including phenoxy) is 1. The maximum atomic E-state index is 11.7. The zero-order valence-corrected chi connectivity index (χ0v) is 20.4. The van der Waals surface area contributed by atoms with Crippen LogP contribution in [-0.2, 0) is 11.3 Å². The predicted molar refractivity (Wildman–Crippen MR) is 135 cm³/mol. The van der Waals surface area contributed by atoms with Crippen LogP contribution in [0.15, 0.2) is 64.5 Å². The number of hydrogen-bond acceptors (Lipinski definition) is 3. The van der Waals surface area contributed by atoms with Crippen molar-refractivity contribution in [3.8, 4) is 0 Å². The van der Waals surface area contributed by atoms with E-state index in [9.17, 15) is 4.79 Å². The molecular formula is C23H35IN4O2. The molecular weight excluding hydrogens is 491 g/mol. The predicted octanol–water partition coefficient (Wildman–Crippen LogP) is 3.97. The molecule has 1 unspecified atom stereocenters. The van der Waals surface area contributed by atoms with Gasteiger partial charge < -0.3 is 19.9 Å². The lowest BCUT2D eigenvalue weighted by atomic mass is 10.1. The van der Waals surface area contributed by atoms with E-state index in [1.54, 1.807) is 16.7 Å². The summed E-state index contributed by atoms with van der Waals surface area (Å²) >= 11 is 0. The number of nitrogens with zero attached hydrogens (tertiary/aromatic N) is 2. The van der Waals surface area contributed by atoms with Crippen LogP contribution in [-0.4, -0.2) is 36.8 Å². The van der Waals surface area contributed by atoms with Gasteiger partial charge in [-0.05, 0) is 44.7 Å². The molecule has 166 valence electrons. The topological polar surface area (TPSA) is 67.7 Å². The number of benzene rings is 1. The Morgan fingerprint density at radius 3 is 2.57 bits per heavy atom. The highest BCUT2D eigenvalue weighted by Crippen LogP contribution is 2.15. The highest BCUT2D eigenvalue weighted by Gasteiger charge is 2.04. The molecule has 0 amide bonds. The van der Waals surface area contributed by atoms with Gasteiger partial charge in [0.15, 0.2) is 5.96 Å². The number of nitrogens with one attached hydrogen (secondary N) is 2. The van der Waals surface area contributed by atoms with Gasteiger partial charge in [0.25, 0.3) is 0 Å². The third kappa shape index (κ3) is 10.2. The fourth-order valence-corrected chi connectivity index (χ4v) is 2.94. The van der Waals surface area contributed by atoms with Gasteiger partial charge in [-0.25, -0.2) is 0 Å². The highest BCUT2D eigenvalue weighted by atomic mass is 127. The number of unbranched alkanes of at least 4 members (excludes halogenated alkanes) is 1. The second-order valence-corrected chi connectivity index (χ2v) is 6.90. The molecule has 0 fully saturated rings. The molecule has 0 saturated carbocycles. The Balaban J connectivity index is 0.00000450. The molecule has 7 heteroatoms. The summed E-state index contributed by atoms with van der Waals surface area (Å²) in [5.41, 5.74) is 1.25. The number of halogens is 1. The van der Waals surface area contributed by atoms with Gasteiger partial charge in [-0.3, -0.25) is 9.79 Å². The third-order valence-corrected chi connectivity index (χ3v) is 4.57. The Bertz CT molecular complexity index is 780. The van der Waals surface area contributed by atoms with Crippen LogP contribution in [0.4, 0.5) is 0 Å². The second kappa shape index (κ2) is 15.9. The molecule has 1 aromatic carbocycles. The van der Waals surface area contributed by atoms with Gasteiger partial charge >= 0.3 is 0 Å². The first-order chi connectivity index (χ1) is 14.2. The Morgan fingerprint density at radius 1 is 1.07 bits per heavy atom. The summed E-state index contributed by atoms with van der Waals surface area (Å²) in [6, 6.07) is 15.5. The number of hydrogen-bond donors (Lipinski definition) is 2. The summed E-state index contributed by atoms with van der Waals surface area (Å²) in [7, 11) is 0. The van der Waals surface area contributed by atoms with Gasteiger partial charge in [0.05, 0.1) is 6.10 Å². The molecule has 0 spiro atoms. The lowest BCUT2D eigenvalue weighted by Crippen LogP contribution is -2.38. The third-order valence-electron chi connectivity index (χ3n) is 4.57. The van der Waals surface area contributed by atoms with Gasteiger partial charge in [-0.1, -0.05) is 36.4 Å². The summed E-state index contributed by atoms with van der Waals surface area (Å²) < 4.78 is 7.64. The normalized spacial score (nSPS) is 12.1. The summed E-state index contributed by atoms with van der Waals surface area (Å²) in [5, 5.41) is 6.63. The van der Waals surface area contributed by atoms with Crippen LogP contribution in [0, 0.1) is 0 Å². The van der Waals surface area contributed by atoms with Crippen molar-refractivity contribution < 1.29 is 4.74 Å². The van der Waals surface area contributed by atoms with E-state index in [2.05, 4.69) is 41.6 Å². The summed E-state index contributed by atoms with van der Waals surface area (Å²) in [6.45, 7) is 7.94. The fourth-order valence-electron chi connectivity index (χ4n) is 2.94. The van der Waals surface area contributed by atoms with Crippen molar-refractivity contribution in [1.29, 1.82) is 0 Å². The van der Waals surface area contributed by atoms with Crippen molar-refractivity contribution in [2.45, 2.75) is 45.8 Å². The van der Waals surface area contributed by atoms with Crippen molar-refractivity contribution in [1.82, 2.24) is 15.2 Å². The molecule has 0 aliphatic carbocycles. The molecule has 1 heterocycles. The Hall–Kier alpha value is -1.87. The fraction of sp³-hybridized carbons (Fsp3) is 0.478. The van der Waals surface area contributed by atoms with Crippen molar-refractivity contribution in [2.24, 2.45) is 4.99 Å². The van der Waals surface area contributed by atoms with Crippen LogP contribution in [0.3, 0.4) is 0 Å². The number of aliphatic imine (C=N–C) groups is 1. The zero-order valence-electron chi connectivity index (χ0n) is 18.0. The SMILES string of the molecule is CCNC(=NCCCOC(C)c1ccccc1)NCCCCn1ccccc1=O.I. The van der Waals surface area contributed by atoms with Crippen LogP contribution in [0.2, 0.25) is 0 Å². The van der Waals surface area contributed by atoms with Gasteiger partial charge in [0, 0.05) is 45.0 Å². The largest absolute Gasteiger partial charge is 0.374 e. The Morgan fingerprint density at radius 2 is 1.83 bits per heavy atom. The van der Waals surface area contributed by atoms with Crippen molar-refractivity contribution in [2.75, 3.05) is 26.2 Å². The lowest BCUT2D eigenvalue weighted by Gasteiger charge is -2.13. The quantitative estimate of drug-likeness (QED) is 0.190. The van der Waals surface area contributed by atoms with E-state index in [1.807, 2.05) is 30.5 Å². The smallest absolute Gasteiger partial charge is 0.250 e. The van der Waals surface area contributed by atoms with E-state index in [4.69, 9.17) is 4.74 Å². The van der Waals surface area contributed by atoms with Crippen LogP contribution in [0.5, 0.6) is 0 Å². The molecule has 30 heavy (non-hydrogen) atoms. The molecule has 0 radical (unpaired) electrons. The van der Waals surface area contributed by atoms with Crippen molar-refractivity contribution in [3.05, 3.63) is 70.6 Å². The molecule has 1 atom stereocenters. The van der Waals surface area contributed by atoms with Crippen molar-refractivity contribution >= 4 is 29.9 Å². The maximum absolute atomic E-state index is 11.7. The zero-order chi connectivity index (χ0) is 20.7. The van der Waals surface area contributed by atoms with Gasteiger partial charge in [0.2, 0.25) is 5.56 Å². The molecule has 0 aliphatic rings. The van der Waals surface area contributed by atoms with E-state index >= 15 is 0 Å². The number of rotatable bonds is 12. The van der Waals surface area contributed by atoms with Crippen molar-refractivity contribution in [3.63, 3.8) is 0 Å². The first kappa shape index (κ1) is 26.2. The minimum atomic E-state index is 0. The average molecular weight is 526 g/mol. The average Bonchev–Trinajstić information content (AvgIpc) is 2.75. The molecule has 1 aromatic heterocycles. The maximum Gasteiger partial charge on any atom is 0.250 e. The Labute approximate surface area is 197 Å². The van der Waals surface area contributed by atoms with Gasteiger partial charge in [0.1, 0.15) is 0 Å². The van der Waals surface area contributed by atoms with E-state index in [1.165, 1.54) is 5.56 Å². The summed E-state index contributed by atoms with van der Waals surface area (Å²) in [6.07, 6.45) is 4.74. The number of pyridine rings is 1. The molecule has 2 N–H and O–H groups in total. The monoisotopic (exact) mass is 526 g/mol. The minimum absolute atomic E-state index is 0. The standard InChI is InChI=1S/C23H34N4O2.HI/c1-3-24-23(25-15-8-10-18-27-17-9-7-14-22(27)28)26-16-11-19-29-20(2)21-12-5-4-6-13-21;/h4-7,9,12-14,17,20H,3,8,10-11,15-16,18-19H2,1-2H3,(H2,24,25,26);1H. The van der Waals surface area contributed by atoms with Gasteiger partial charge in [-0.2, -0.15) is 0 Å². The lowest BCUT2D eigenvalue weighted by molar-refractivity contribution is 0.0652. The van der Waals surface area contributed by atoms with Crippen LogP contribution >= 0.6 is 24.0 Å². The van der Waals surface area contributed by atoms with E-state index < -0.39 is 0 Å². The van der Waals surface area contributed by atoms with E-state index in [-0.39, 0.29) is 35.6 Å². The van der Waals surface area contributed by atoms with E-state index in [0.29, 0.717) is 6.61 Å². The highest BCUT2D eigenvalue weighted by molar-refractivity contribution is 14.0. The first-order valence-electron chi connectivity index (χ1n) is 10.5. The number of aromatic nitrogens is 1. The minimum Gasteiger partial charge on any atom is -0.374 e. The molecule has 2 rings (SSSR count). The molecule has 0 bridgehead atoms. The van der Waals surface area contributed by atoms with E-state index in [0.717, 1.165) is 51.4 Å². The van der Waals surface area contributed by atoms with Crippen LogP contribution in [0.25, 0.3) is 0 Å².